The average Bonchev–Trinajstić information content (AvgIpc) is 3.09. The highest BCUT2D eigenvalue weighted by atomic mass is 16.8. The second kappa shape index (κ2) is 7.13. The van der Waals surface area contributed by atoms with Crippen molar-refractivity contribution in [3.8, 4) is 17.2 Å². The molecule has 0 saturated carbocycles. The van der Waals surface area contributed by atoms with Crippen LogP contribution in [0, 0.1) is 0 Å². The van der Waals surface area contributed by atoms with Crippen molar-refractivity contribution in [2.45, 2.75) is 24.8 Å². The molecule has 3 fully saturated rings. The Kier molecular flexibility index (Phi) is 4.43. The van der Waals surface area contributed by atoms with Crippen molar-refractivity contribution in [3.63, 3.8) is 0 Å². The van der Waals surface area contributed by atoms with Gasteiger partial charge in [-0.1, -0.05) is 5.10 Å². The molecule has 0 radical (unpaired) electrons. The molecule has 0 atom stereocenters. The summed E-state index contributed by atoms with van der Waals surface area (Å²) in [5.41, 5.74) is 0.753. The van der Waals surface area contributed by atoms with Gasteiger partial charge in [0, 0.05) is 36.8 Å². The zero-order valence-corrected chi connectivity index (χ0v) is 16.3. The smallest absolute Gasteiger partial charge is 0.339 e. The quantitative estimate of drug-likeness (QED) is 0.685. The Balaban J connectivity index is 1.47. The van der Waals surface area contributed by atoms with E-state index in [0.717, 1.165) is 36.3 Å². The van der Waals surface area contributed by atoms with Crippen LogP contribution in [0.3, 0.4) is 0 Å². The first-order valence-corrected chi connectivity index (χ1v) is 9.70. The molecule has 2 bridgehead atoms. The van der Waals surface area contributed by atoms with E-state index in [9.17, 15) is 9.59 Å². The molecule has 4 aliphatic heterocycles. The maximum atomic E-state index is 12.1. The lowest BCUT2D eigenvalue weighted by atomic mass is 10.1. The zero-order chi connectivity index (χ0) is 20.7. The molecule has 2 aromatic rings. The van der Waals surface area contributed by atoms with Crippen LogP contribution in [0.15, 0.2) is 40.8 Å². The van der Waals surface area contributed by atoms with Gasteiger partial charge in [0.1, 0.15) is 12.3 Å². The van der Waals surface area contributed by atoms with Gasteiger partial charge in [-0.2, -0.15) is 0 Å². The Hall–Kier alpha value is -3.40. The molecule has 6 rings (SSSR count). The van der Waals surface area contributed by atoms with Gasteiger partial charge in [-0.15, -0.1) is 5.10 Å². The summed E-state index contributed by atoms with van der Waals surface area (Å²) in [7, 11) is 1.60. The van der Waals surface area contributed by atoms with Crippen molar-refractivity contribution in [1.29, 1.82) is 0 Å². The van der Waals surface area contributed by atoms with Gasteiger partial charge in [0.05, 0.1) is 7.11 Å². The second-order valence-corrected chi connectivity index (χ2v) is 7.35. The van der Waals surface area contributed by atoms with E-state index in [1.165, 1.54) is 0 Å². The number of rotatable bonds is 3. The summed E-state index contributed by atoms with van der Waals surface area (Å²) < 4.78 is 22.3. The average molecular weight is 412 g/mol. The Labute approximate surface area is 172 Å². The van der Waals surface area contributed by atoms with Crippen LogP contribution in [0.5, 0.6) is 5.75 Å². The zero-order valence-electron chi connectivity index (χ0n) is 16.3. The molecule has 30 heavy (non-hydrogen) atoms. The monoisotopic (exact) mass is 412 g/mol. The maximum absolute atomic E-state index is 12.1. The molecule has 156 valence electrons. The van der Waals surface area contributed by atoms with E-state index >= 15 is 0 Å². The van der Waals surface area contributed by atoms with Gasteiger partial charge in [0.25, 0.3) is 0 Å². The fraction of sp³-hybridized carbons (Fsp3) is 0.400. The molecule has 0 unspecified atom stereocenters. The van der Waals surface area contributed by atoms with E-state index in [0.29, 0.717) is 25.0 Å². The first kappa shape index (κ1) is 18.6. The number of methoxy groups -OCH3 is 1. The van der Waals surface area contributed by atoms with Crippen molar-refractivity contribution in [2.75, 3.05) is 31.6 Å². The van der Waals surface area contributed by atoms with Gasteiger partial charge < -0.3 is 23.5 Å². The van der Waals surface area contributed by atoms with Crippen LogP contribution in [-0.4, -0.2) is 65.7 Å². The minimum absolute atomic E-state index is 0.0844. The lowest BCUT2D eigenvalue weighted by Gasteiger charge is -2.39. The van der Waals surface area contributed by atoms with E-state index in [-0.39, 0.29) is 12.6 Å². The number of hydrogen-bond donors (Lipinski definition) is 0. The molecule has 5 heterocycles. The van der Waals surface area contributed by atoms with Crippen molar-refractivity contribution in [1.82, 2.24) is 15.1 Å². The molecule has 0 amide bonds. The number of hydrogen-bond acceptors (Lipinski definition) is 10. The first-order chi connectivity index (χ1) is 14.6. The minimum Gasteiger partial charge on any atom is -0.497 e. The molecule has 10 heteroatoms. The van der Waals surface area contributed by atoms with Crippen molar-refractivity contribution < 1.29 is 28.2 Å². The number of nitrogens with zero attached hydrogens (tertiary/aromatic N) is 4. The number of esters is 2. The van der Waals surface area contributed by atoms with Crippen LogP contribution in [-0.2, 0) is 19.1 Å². The van der Waals surface area contributed by atoms with Crippen molar-refractivity contribution in [3.05, 3.63) is 36.4 Å². The van der Waals surface area contributed by atoms with Crippen molar-refractivity contribution in [2.24, 2.45) is 0 Å². The highest BCUT2D eigenvalue weighted by Gasteiger charge is 2.53. The van der Waals surface area contributed by atoms with Crippen LogP contribution in [0.1, 0.15) is 12.8 Å². The van der Waals surface area contributed by atoms with E-state index in [4.69, 9.17) is 18.6 Å². The lowest BCUT2D eigenvalue weighted by molar-refractivity contribution is -0.274. The lowest BCUT2D eigenvalue weighted by Crippen LogP contribution is -2.58. The summed E-state index contributed by atoms with van der Waals surface area (Å²) >= 11 is 0. The highest BCUT2D eigenvalue weighted by molar-refractivity contribution is 5.93. The second-order valence-electron chi connectivity index (χ2n) is 7.35. The van der Waals surface area contributed by atoms with Crippen LogP contribution in [0.25, 0.3) is 11.5 Å². The summed E-state index contributed by atoms with van der Waals surface area (Å²) in [5.74, 6) is -1.70. The Bertz CT molecular complexity index is 973. The third-order valence-corrected chi connectivity index (χ3v) is 5.63. The molecule has 1 aromatic heterocycles. The number of carbonyl (C=O) groups excluding carboxylic acids is 2. The topological polar surface area (TPSA) is 107 Å². The number of aromatic nitrogens is 2. The SMILES string of the molecule is COc1ccc(-c2nnc(N3CC4(OC(=O)C=CC(=O)O4)N4CCC3CC4)o2)cc1. The third-order valence-electron chi connectivity index (χ3n) is 5.63. The van der Waals surface area contributed by atoms with E-state index in [1.54, 1.807) is 7.11 Å². The summed E-state index contributed by atoms with van der Waals surface area (Å²) in [6.07, 6.45) is 3.72. The summed E-state index contributed by atoms with van der Waals surface area (Å²) in [6, 6.07) is 7.67. The number of fused-ring (bicyclic) bond motifs is 3. The van der Waals surface area contributed by atoms with Crippen LogP contribution in [0.4, 0.5) is 6.01 Å². The minimum atomic E-state index is -1.53. The maximum Gasteiger partial charge on any atom is 0.339 e. The Morgan fingerprint density at radius 1 is 1.03 bits per heavy atom. The summed E-state index contributed by atoms with van der Waals surface area (Å²) in [5, 5.41) is 8.39. The molecule has 1 spiro atoms. The number of anilines is 1. The third kappa shape index (κ3) is 3.18. The van der Waals surface area contributed by atoms with Gasteiger partial charge in [0.2, 0.25) is 5.89 Å². The largest absolute Gasteiger partial charge is 0.497 e. The fourth-order valence-electron chi connectivity index (χ4n) is 4.10. The van der Waals surface area contributed by atoms with Crippen LogP contribution >= 0.6 is 0 Å². The number of benzene rings is 1. The molecular formula is C20H20N4O6. The van der Waals surface area contributed by atoms with Gasteiger partial charge >= 0.3 is 23.9 Å². The van der Waals surface area contributed by atoms with Gasteiger partial charge in [-0.05, 0) is 37.1 Å². The van der Waals surface area contributed by atoms with Crippen molar-refractivity contribution >= 4 is 18.0 Å². The van der Waals surface area contributed by atoms with Crippen LogP contribution < -0.4 is 9.64 Å². The fourth-order valence-corrected chi connectivity index (χ4v) is 4.10. The summed E-state index contributed by atoms with van der Waals surface area (Å²) in [4.78, 5) is 28.0. The van der Waals surface area contributed by atoms with Gasteiger partial charge in [-0.3, -0.25) is 0 Å². The van der Waals surface area contributed by atoms with E-state index in [2.05, 4.69) is 10.2 Å². The highest BCUT2D eigenvalue weighted by Crippen LogP contribution is 2.37. The number of piperidine rings is 1. The molecule has 0 aliphatic carbocycles. The molecule has 1 aromatic carbocycles. The standard InChI is InChI=1S/C20H20N4O6/c1-27-15-4-2-13(3-5-15)18-21-22-19(28-18)24-12-20(23-10-8-14(24)9-11-23)29-16(25)6-7-17(26)30-20/h2-7,14H,8-12H2,1H3. The first-order valence-electron chi connectivity index (χ1n) is 9.70. The molecule has 0 N–H and O–H groups in total. The van der Waals surface area contributed by atoms with Gasteiger partial charge in [-0.25, -0.2) is 14.5 Å². The predicted molar refractivity (Wildman–Crippen MR) is 102 cm³/mol. The molecular weight excluding hydrogens is 392 g/mol. The Morgan fingerprint density at radius 3 is 2.33 bits per heavy atom. The Morgan fingerprint density at radius 2 is 1.70 bits per heavy atom. The van der Waals surface area contributed by atoms with Crippen LogP contribution in [0.2, 0.25) is 0 Å². The molecule has 3 saturated heterocycles. The summed E-state index contributed by atoms with van der Waals surface area (Å²) in [6.45, 7) is 1.31. The van der Waals surface area contributed by atoms with Gasteiger partial charge in [0.15, 0.2) is 0 Å². The molecule has 10 nitrogen and oxygen atoms in total. The van der Waals surface area contributed by atoms with E-state index < -0.39 is 17.8 Å². The number of ether oxygens (including phenoxy) is 3. The normalized spacial score (nSPS) is 24.9. The van der Waals surface area contributed by atoms with E-state index in [1.807, 2.05) is 34.1 Å². The molecule has 4 aliphatic rings. The predicted octanol–water partition coefficient (Wildman–Crippen LogP) is 1.34. The number of carbonyl (C=O) groups is 2.